The number of hydrogen-bond acceptors (Lipinski definition) is 7. The third-order valence-corrected chi connectivity index (χ3v) is 7.00. The number of rotatable bonds is 9. The second-order valence-corrected chi connectivity index (χ2v) is 9.32. The first-order valence-corrected chi connectivity index (χ1v) is 11.5. The molecule has 1 unspecified atom stereocenters. The fourth-order valence-corrected chi connectivity index (χ4v) is 4.33. The van der Waals surface area contributed by atoms with Crippen LogP contribution in [0.2, 0.25) is 0 Å². The van der Waals surface area contributed by atoms with Crippen LogP contribution in [-0.4, -0.2) is 63.8 Å². The molecule has 0 spiro atoms. The second-order valence-electron chi connectivity index (χ2n) is 7.06. The van der Waals surface area contributed by atoms with Crippen molar-refractivity contribution in [2.75, 3.05) is 33.1 Å². The average molecular weight is 443 g/mol. The summed E-state index contributed by atoms with van der Waals surface area (Å²) in [6.45, 7) is 3.93. The van der Waals surface area contributed by atoms with Crippen molar-refractivity contribution in [3.63, 3.8) is 0 Å². The number of nitrogens with zero attached hydrogens (tertiary/aromatic N) is 1. The van der Waals surface area contributed by atoms with Gasteiger partial charge in [-0.05, 0) is 44.4 Å². The van der Waals surface area contributed by atoms with Gasteiger partial charge in [0.15, 0.2) is 17.6 Å². The van der Waals surface area contributed by atoms with E-state index in [1.165, 1.54) is 18.3 Å². The van der Waals surface area contributed by atoms with Crippen LogP contribution in [-0.2, 0) is 30.9 Å². The predicted octanol–water partition coefficient (Wildman–Crippen LogP) is 1.31. The van der Waals surface area contributed by atoms with Crippen LogP contribution in [0, 0.1) is 5.92 Å². The summed E-state index contributed by atoms with van der Waals surface area (Å²) < 4.78 is 40.9. The zero-order chi connectivity index (χ0) is 22.3. The molecule has 1 saturated heterocycles. The maximum atomic E-state index is 12.4. The zero-order valence-electron chi connectivity index (χ0n) is 17.8. The maximum Gasteiger partial charge on any atom is 0.309 e. The molecule has 10 heteroatoms. The van der Waals surface area contributed by atoms with Crippen molar-refractivity contribution in [1.29, 1.82) is 0 Å². The van der Waals surface area contributed by atoms with Gasteiger partial charge in [0.1, 0.15) is 0 Å². The summed E-state index contributed by atoms with van der Waals surface area (Å²) in [5, 5.41) is 2.73. The molecule has 2 rings (SSSR count). The summed E-state index contributed by atoms with van der Waals surface area (Å²) in [4.78, 5) is 24.7. The Hall–Kier alpha value is -2.33. The number of piperidine rings is 1. The third kappa shape index (κ3) is 6.09. The van der Waals surface area contributed by atoms with E-state index in [1.807, 2.05) is 0 Å². The van der Waals surface area contributed by atoms with Crippen molar-refractivity contribution in [1.82, 2.24) is 9.62 Å². The lowest BCUT2D eigenvalue weighted by molar-refractivity contribution is -0.159. The smallest absolute Gasteiger partial charge is 0.309 e. The number of methoxy groups -OCH3 is 2. The molecule has 168 valence electrons. The Kier molecular flexibility index (Phi) is 8.48. The van der Waals surface area contributed by atoms with Crippen LogP contribution in [0.3, 0.4) is 0 Å². The number of amides is 1. The fraction of sp³-hybridized carbons (Fsp3) is 0.600. The van der Waals surface area contributed by atoms with Gasteiger partial charge in [0.25, 0.3) is 5.91 Å². The minimum absolute atomic E-state index is 0.0411. The molecular formula is C20H30N2O7S. The van der Waals surface area contributed by atoms with Crippen molar-refractivity contribution < 1.29 is 32.2 Å². The quantitative estimate of drug-likeness (QED) is 0.574. The number of carbonyl (C=O) groups excluding carboxylic acids is 2. The van der Waals surface area contributed by atoms with E-state index in [4.69, 9.17) is 14.2 Å². The van der Waals surface area contributed by atoms with Gasteiger partial charge < -0.3 is 19.5 Å². The molecule has 1 amide bonds. The number of sulfonamides is 1. The van der Waals surface area contributed by atoms with Crippen LogP contribution >= 0.6 is 0 Å². The van der Waals surface area contributed by atoms with E-state index < -0.39 is 33.9 Å². The van der Waals surface area contributed by atoms with Gasteiger partial charge >= 0.3 is 5.97 Å². The molecule has 1 aromatic carbocycles. The van der Waals surface area contributed by atoms with Crippen LogP contribution in [0.4, 0.5) is 0 Å². The van der Waals surface area contributed by atoms with Crippen molar-refractivity contribution >= 4 is 21.9 Å². The zero-order valence-corrected chi connectivity index (χ0v) is 18.7. The number of nitrogens with one attached hydrogen (secondary N) is 1. The maximum absolute atomic E-state index is 12.4. The highest BCUT2D eigenvalue weighted by Crippen LogP contribution is 2.27. The topological polar surface area (TPSA) is 111 Å². The molecule has 1 atom stereocenters. The summed E-state index contributed by atoms with van der Waals surface area (Å²) >= 11 is 0. The van der Waals surface area contributed by atoms with Crippen molar-refractivity contribution in [2.24, 2.45) is 5.92 Å². The first-order valence-electron chi connectivity index (χ1n) is 9.88. The molecular weight excluding hydrogens is 412 g/mol. The van der Waals surface area contributed by atoms with Gasteiger partial charge in [0.05, 0.1) is 25.9 Å². The van der Waals surface area contributed by atoms with Crippen LogP contribution < -0.4 is 14.8 Å². The highest BCUT2D eigenvalue weighted by molar-refractivity contribution is 7.89. The van der Waals surface area contributed by atoms with Crippen LogP contribution in [0.5, 0.6) is 11.5 Å². The number of hydrogen-bond donors (Lipinski definition) is 1. The van der Waals surface area contributed by atoms with E-state index >= 15 is 0 Å². The minimum Gasteiger partial charge on any atom is -0.493 e. The number of benzene rings is 1. The molecule has 0 aromatic heterocycles. The summed E-state index contributed by atoms with van der Waals surface area (Å²) in [5.41, 5.74) is 0.809. The predicted molar refractivity (Wildman–Crippen MR) is 111 cm³/mol. The summed E-state index contributed by atoms with van der Waals surface area (Å²) in [6.07, 6.45) is -0.175. The monoisotopic (exact) mass is 442 g/mol. The highest BCUT2D eigenvalue weighted by Gasteiger charge is 2.32. The SMILES string of the molecule is CCS(=O)(=O)N1CCC(C(=O)OC(C)C(=O)NCc2ccc(OC)c(OC)c2)CC1. The Morgan fingerprint density at radius 1 is 1.17 bits per heavy atom. The molecule has 1 N–H and O–H groups in total. The fourth-order valence-electron chi connectivity index (χ4n) is 3.20. The van der Waals surface area contributed by atoms with Crippen molar-refractivity contribution in [3.05, 3.63) is 23.8 Å². The minimum atomic E-state index is -3.25. The molecule has 0 aliphatic carbocycles. The van der Waals surface area contributed by atoms with Gasteiger partial charge in [-0.2, -0.15) is 0 Å². The first-order chi connectivity index (χ1) is 14.2. The molecule has 30 heavy (non-hydrogen) atoms. The average Bonchev–Trinajstić information content (AvgIpc) is 2.77. The van der Waals surface area contributed by atoms with Gasteiger partial charge in [0.2, 0.25) is 10.0 Å². The Morgan fingerprint density at radius 2 is 1.80 bits per heavy atom. The van der Waals surface area contributed by atoms with Crippen molar-refractivity contribution in [2.45, 2.75) is 39.3 Å². The van der Waals surface area contributed by atoms with E-state index in [0.29, 0.717) is 24.3 Å². The molecule has 9 nitrogen and oxygen atoms in total. The number of esters is 1. The summed E-state index contributed by atoms with van der Waals surface area (Å²) in [7, 11) is -0.175. The molecule has 1 aromatic rings. The standard InChI is InChI=1S/C20H30N2O7S/c1-5-30(25,26)22-10-8-16(9-11-22)20(24)29-14(2)19(23)21-13-15-6-7-17(27-3)18(12-15)28-4/h6-7,12,14,16H,5,8-11,13H2,1-4H3,(H,21,23). The normalized spacial score (nSPS) is 16.5. The molecule has 1 aliphatic rings. The number of ether oxygens (including phenoxy) is 3. The summed E-state index contributed by atoms with van der Waals surface area (Å²) in [6, 6.07) is 5.30. The second kappa shape index (κ2) is 10.6. The van der Waals surface area contributed by atoms with Crippen molar-refractivity contribution in [3.8, 4) is 11.5 Å². The van der Waals surface area contributed by atoms with Gasteiger partial charge in [-0.25, -0.2) is 12.7 Å². The Bertz CT molecular complexity index is 849. The van der Waals surface area contributed by atoms with Gasteiger partial charge in [-0.15, -0.1) is 0 Å². The van der Waals surface area contributed by atoms with E-state index in [1.54, 1.807) is 32.2 Å². The van der Waals surface area contributed by atoms with Gasteiger partial charge in [-0.1, -0.05) is 6.07 Å². The molecule has 1 heterocycles. The van der Waals surface area contributed by atoms with E-state index in [0.717, 1.165) is 5.56 Å². The lowest BCUT2D eigenvalue weighted by Gasteiger charge is -2.30. The largest absolute Gasteiger partial charge is 0.493 e. The van der Waals surface area contributed by atoms with E-state index in [2.05, 4.69) is 5.32 Å². The molecule has 0 radical (unpaired) electrons. The van der Waals surface area contributed by atoms with Crippen LogP contribution in [0.25, 0.3) is 0 Å². The number of carbonyl (C=O) groups is 2. The lowest BCUT2D eigenvalue weighted by atomic mass is 9.98. The van der Waals surface area contributed by atoms with Crippen LogP contribution in [0.15, 0.2) is 18.2 Å². The van der Waals surface area contributed by atoms with E-state index in [-0.39, 0.29) is 25.4 Å². The Labute approximate surface area is 177 Å². The lowest BCUT2D eigenvalue weighted by Crippen LogP contribution is -2.42. The van der Waals surface area contributed by atoms with Crippen LogP contribution in [0.1, 0.15) is 32.3 Å². The summed E-state index contributed by atoms with van der Waals surface area (Å²) in [5.74, 6) is -0.108. The highest BCUT2D eigenvalue weighted by atomic mass is 32.2. The molecule has 1 fully saturated rings. The first kappa shape index (κ1) is 23.9. The third-order valence-electron chi connectivity index (χ3n) is 5.12. The molecule has 1 aliphatic heterocycles. The van der Waals surface area contributed by atoms with E-state index in [9.17, 15) is 18.0 Å². The Morgan fingerprint density at radius 3 is 2.37 bits per heavy atom. The molecule has 0 saturated carbocycles. The van der Waals surface area contributed by atoms with Gasteiger partial charge in [-0.3, -0.25) is 9.59 Å². The molecule has 0 bridgehead atoms. The Balaban J connectivity index is 1.82. The van der Waals surface area contributed by atoms with Gasteiger partial charge in [0, 0.05) is 19.6 Å².